The maximum Gasteiger partial charge on any atom is 0.206 e. The molecule has 1 heterocycles. The van der Waals surface area contributed by atoms with Crippen molar-refractivity contribution in [3.63, 3.8) is 0 Å². The van der Waals surface area contributed by atoms with Gasteiger partial charge in [0.25, 0.3) is 0 Å². The van der Waals surface area contributed by atoms with Crippen LogP contribution in [0.5, 0.6) is 0 Å². The highest BCUT2D eigenvalue weighted by atomic mass is 79.9. The van der Waals surface area contributed by atoms with Gasteiger partial charge in [-0.1, -0.05) is 11.3 Å². The van der Waals surface area contributed by atoms with Gasteiger partial charge in [-0.05, 0) is 29.8 Å². The zero-order chi connectivity index (χ0) is 9.19. The van der Waals surface area contributed by atoms with Crippen molar-refractivity contribution in [3.05, 3.63) is 3.92 Å². The quantitative estimate of drug-likeness (QED) is 0.855. The van der Waals surface area contributed by atoms with Crippen LogP contribution in [0.15, 0.2) is 3.92 Å². The van der Waals surface area contributed by atoms with Gasteiger partial charge in [-0.15, -0.1) is 10.2 Å². The molecule has 4 nitrogen and oxygen atoms in total. The van der Waals surface area contributed by atoms with Gasteiger partial charge in [0.2, 0.25) is 5.13 Å². The fraction of sp³-hybridized carbons (Fsp3) is 0.667. The normalized spacial score (nSPS) is 11.7. The van der Waals surface area contributed by atoms with E-state index in [2.05, 4.69) is 31.4 Å². The van der Waals surface area contributed by atoms with Gasteiger partial charge in [-0.25, -0.2) is 0 Å². The summed E-state index contributed by atoms with van der Waals surface area (Å²) < 4.78 is 0.737. The largest absolute Gasteiger partial charge is 0.389 e. The standard InChI is InChI=1S/C6H10BrN3OS/c1-6(2,11)3-8-5-10-9-4(7)12-5/h11H,3H2,1-2H3,(H,8,10). The second-order valence-corrected chi connectivity index (χ2v) is 5.28. The van der Waals surface area contributed by atoms with E-state index in [-0.39, 0.29) is 0 Å². The summed E-state index contributed by atoms with van der Waals surface area (Å²) in [6.07, 6.45) is 0. The van der Waals surface area contributed by atoms with Crippen LogP contribution in [0.2, 0.25) is 0 Å². The van der Waals surface area contributed by atoms with Crippen LogP contribution in [0, 0.1) is 0 Å². The number of hydrogen-bond donors (Lipinski definition) is 2. The molecule has 0 aromatic carbocycles. The Morgan fingerprint density at radius 3 is 2.67 bits per heavy atom. The molecule has 1 rings (SSSR count). The molecule has 0 fully saturated rings. The number of nitrogens with zero attached hydrogens (tertiary/aromatic N) is 2. The third kappa shape index (κ3) is 3.46. The van der Waals surface area contributed by atoms with Crippen LogP contribution in [-0.2, 0) is 0 Å². The molecule has 0 atom stereocenters. The Bertz CT molecular complexity index is 258. The molecule has 2 N–H and O–H groups in total. The zero-order valence-electron chi connectivity index (χ0n) is 6.83. The van der Waals surface area contributed by atoms with E-state index in [0.29, 0.717) is 11.7 Å². The van der Waals surface area contributed by atoms with Gasteiger partial charge in [0.15, 0.2) is 3.92 Å². The molecule has 1 aromatic rings. The molecule has 0 bridgehead atoms. The van der Waals surface area contributed by atoms with Crippen LogP contribution in [0.4, 0.5) is 5.13 Å². The third-order valence-electron chi connectivity index (χ3n) is 1.07. The lowest BCUT2D eigenvalue weighted by Gasteiger charge is -2.16. The first kappa shape index (κ1) is 9.88. The summed E-state index contributed by atoms with van der Waals surface area (Å²) in [5.41, 5.74) is -0.724. The minimum atomic E-state index is -0.724. The van der Waals surface area contributed by atoms with E-state index in [0.717, 1.165) is 3.92 Å². The van der Waals surface area contributed by atoms with Gasteiger partial charge < -0.3 is 10.4 Å². The van der Waals surface area contributed by atoms with Crippen LogP contribution >= 0.6 is 27.3 Å². The van der Waals surface area contributed by atoms with Gasteiger partial charge in [0, 0.05) is 6.54 Å². The number of rotatable bonds is 3. The Kier molecular flexibility index (Phi) is 3.03. The zero-order valence-corrected chi connectivity index (χ0v) is 9.24. The molecule has 0 unspecified atom stereocenters. The molecule has 0 radical (unpaired) electrons. The maximum atomic E-state index is 9.37. The molecule has 0 saturated carbocycles. The van der Waals surface area contributed by atoms with Crippen molar-refractivity contribution < 1.29 is 5.11 Å². The molecule has 6 heteroatoms. The SMILES string of the molecule is CC(C)(O)CNc1nnc(Br)s1. The topological polar surface area (TPSA) is 58.0 Å². The van der Waals surface area contributed by atoms with Crippen molar-refractivity contribution in [2.75, 3.05) is 11.9 Å². The Labute approximate surface area is 83.2 Å². The minimum Gasteiger partial charge on any atom is -0.389 e. The summed E-state index contributed by atoms with van der Waals surface area (Å²) in [5, 5.41) is 20.6. The van der Waals surface area contributed by atoms with E-state index < -0.39 is 5.60 Å². The predicted molar refractivity (Wildman–Crippen MR) is 52.4 cm³/mol. The number of hydrogen-bond acceptors (Lipinski definition) is 5. The number of anilines is 1. The van der Waals surface area contributed by atoms with Crippen molar-refractivity contribution in [1.29, 1.82) is 0 Å². The van der Waals surface area contributed by atoms with Gasteiger partial charge in [-0.2, -0.15) is 0 Å². The van der Waals surface area contributed by atoms with Gasteiger partial charge in [0.1, 0.15) is 0 Å². The van der Waals surface area contributed by atoms with Crippen LogP contribution in [0.25, 0.3) is 0 Å². The fourth-order valence-corrected chi connectivity index (χ4v) is 1.58. The van der Waals surface area contributed by atoms with Crippen LogP contribution in [0.3, 0.4) is 0 Å². The molecule has 68 valence electrons. The van der Waals surface area contributed by atoms with Crippen molar-refractivity contribution in [2.45, 2.75) is 19.4 Å². The van der Waals surface area contributed by atoms with Crippen LogP contribution in [-0.4, -0.2) is 27.4 Å². The van der Waals surface area contributed by atoms with Crippen LogP contribution in [0.1, 0.15) is 13.8 Å². The monoisotopic (exact) mass is 251 g/mol. The predicted octanol–water partition coefficient (Wildman–Crippen LogP) is 1.48. The number of halogens is 1. The molecule has 0 aliphatic heterocycles. The summed E-state index contributed by atoms with van der Waals surface area (Å²) in [6, 6.07) is 0. The first-order valence-electron chi connectivity index (χ1n) is 3.43. The lowest BCUT2D eigenvalue weighted by Crippen LogP contribution is -2.29. The Morgan fingerprint density at radius 1 is 1.58 bits per heavy atom. The molecule has 0 amide bonds. The summed E-state index contributed by atoms with van der Waals surface area (Å²) in [6.45, 7) is 3.93. The highest BCUT2D eigenvalue weighted by Gasteiger charge is 2.12. The first-order valence-corrected chi connectivity index (χ1v) is 5.03. The van der Waals surface area contributed by atoms with Gasteiger partial charge in [0.05, 0.1) is 5.60 Å². The van der Waals surface area contributed by atoms with Crippen LogP contribution < -0.4 is 5.32 Å². The van der Waals surface area contributed by atoms with E-state index in [9.17, 15) is 5.11 Å². The van der Waals surface area contributed by atoms with Crippen molar-refractivity contribution in [1.82, 2.24) is 10.2 Å². The van der Waals surface area contributed by atoms with E-state index >= 15 is 0 Å². The summed E-state index contributed by atoms with van der Waals surface area (Å²) in [4.78, 5) is 0. The first-order chi connectivity index (χ1) is 5.47. The number of aromatic nitrogens is 2. The average Bonchev–Trinajstić information content (AvgIpc) is 2.30. The summed E-state index contributed by atoms with van der Waals surface area (Å²) in [7, 11) is 0. The highest BCUT2D eigenvalue weighted by Crippen LogP contribution is 2.20. The fourth-order valence-electron chi connectivity index (χ4n) is 0.569. The van der Waals surface area contributed by atoms with E-state index in [1.807, 2.05) is 0 Å². The van der Waals surface area contributed by atoms with E-state index in [1.54, 1.807) is 13.8 Å². The summed E-state index contributed by atoms with van der Waals surface area (Å²) >= 11 is 4.60. The number of aliphatic hydroxyl groups is 1. The smallest absolute Gasteiger partial charge is 0.206 e. The van der Waals surface area contributed by atoms with Gasteiger partial charge in [-0.3, -0.25) is 0 Å². The molecule has 0 aliphatic rings. The number of nitrogens with one attached hydrogen (secondary N) is 1. The Balaban J connectivity index is 2.44. The Morgan fingerprint density at radius 2 is 2.25 bits per heavy atom. The Hall–Kier alpha value is -0.200. The second kappa shape index (κ2) is 3.68. The minimum absolute atomic E-state index is 0.467. The molecule has 0 aliphatic carbocycles. The molecule has 1 aromatic heterocycles. The van der Waals surface area contributed by atoms with E-state index in [1.165, 1.54) is 11.3 Å². The third-order valence-corrected chi connectivity index (χ3v) is 2.39. The van der Waals surface area contributed by atoms with Gasteiger partial charge >= 0.3 is 0 Å². The maximum absolute atomic E-state index is 9.37. The lowest BCUT2D eigenvalue weighted by atomic mass is 10.1. The van der Waals surface area contributed by atoms with E-state index in [4.69, 9.17) is 0 Å². The second-order valence-electron chi connectivity index (χ2n) is 3.03. The molecule has 0 spiro atoms. The molecule has 0 saturated heterocycles. The average molecular weight is 252 g/mol. The van der Waals surface area contributed by atoms with Crippen molar-refractivity contribution in [3.8, 4) is 0 Å². The molecular formula is C6H10BrN3OS. The molecular weight excluding hydrogens is 242 g/mol. The lowest BCUT2D eigenvalue weighted by molar-refractivity contribution is 0.0945. The molecule has 12 heavy (non-hydrogen) atoms. The highest BCUT2D eigenvalue weighted by molar-refractivity contribution is 9.11. The summed E-state index contributed by atoms with van der Waals surface area (Å²) in [5.74, 6) is 0. The van der Waals surface area contributed by atoms with Crippen molar-refractivity contribution >= 4 is 32.4 Å². The van der Waals surface area contributed by atoms with Crippen molar-refractivity contribution in [2.24, 2.45) is 0 Å².